The number of benzene rings is 1. The third-order valence-corrected chi connectivity index (χ3v) is 3.59. The maximum Gasteiger partial charge on any atom is 0.222 e. The van der Waals surface area contributed by atoms with E-state index in [1.807, 2.05) is 25.1 Å². The van der Waals surface area contributed by atoms with Crippen LogP contribution in [-0.2, 0) is 4.79 Å². The molecule has 0 radical (unpaired) electrons. The molecule has 1 amide bonds. The van der Waals surface area contributed by atoms with E-state index >= 15 is 0 Å². The number of nitrogens with zero attached hydrogens (tertiary/aromatic N) is 1. The van der Waals surface area contributed by atoms with Crippen molar-refractivity contribution in [3.63, 3.8) is 0 Å². The molecule has 0 spiro atoms. The van der Waals surface area contributed by atoms with Crippen molar-refractivity contribution in [1.29, 1.82) is 0 Å². The first-order chi connectivity index (χ1) is 8.59. The summed E-state index contributed by atoms with van der Waals surface area (Å²) in [6, 6.07) is 8.12. The van der Waals surface area contributed by atoms with Crippen molar-refractivity contribution < 1.29 is 4.79 Å². The zero-order valence-electron chi connectivity index (χ0n) is 10.8. The molecule has 0 aromatic heterocycles. The number of amides is 1. The van der Waals surface area contributed by atoms with Crippen LogP contribution in [0.5, 0.6) is 0 Å². The molecule has 1 aliphatic heterocycles. The first-order valence-corrected chi connectivity index (χ1v) is 6.48. The van der Waals surface area contributed by atoms with Crippen molar-refractivity contribution in [1.82, 2.24) is 0 Å². The molecular weight excluding hydrogens is 226 g/mol. The Hall–Kier alpha value is -1.55. The zero-order chi connectivity index (χ0) is 13.1. The highest BCUT2D eigenvalue weighted by Gasteiger charge is 2.25. The number of anilines is 1. The summed E-state index contributed by atoms with van der Waals surface area (Å²) < 4.78 is 0. The van der Waals surface area contributed by atoms with Crippen molar-refractivity contribution in [3.05, 3.63) is 29.8 Å². The molecule has 1 aliphatic rings. The Morgan fingerprint density at radius 1 is 1.44 bits per heavy atom. The number of hydrogen-bond acceptors (Lipinski definition) is 3. The number of primary amides is 1. The number of nitrogens with two attached hydrogens (primary N) is 2. The van der Waals surface area contributed by atoms with Gasteiger partial charge < -0.3 is 16.4 Å². The minimum Gasteiger partial charge on any atom is -0.370 e. The van der Waals surface area contributed by atoms with Gasteiger partial charge in [-0.2, -0.15) is 0 Å². The molecule has 1 fully saturated rings. The van der Waals surface area contributed by atoms with Gasteiger partial charge in [-0.15, -0.1) is 0 Å². The Kier molecular flexibility index (Phi) is 3.87. The van der Waals surface area contributed by atoms with E-state index < -0.39 is 0 Å². The van der Waals surface area contributed by atoms with E-state index in [2.05, 4.69) is 11.0 Å². The standard InChI is InChI=1S/C14H21N3O/c1-10(15)12-6-2-3-7-13(12)17-8-4-5-11(9-17)14(16)18/h2-3,6-7,10-11H,4-5,8-9,15H2,1H3,(H2,16,18). The van der Waals surface area contributed by atoms with Crippen LogP contribution in [0, 0.1) is 5.92 Å². The molecule has 1 aromatic carbocycles. The van der Waals surface area contributed by atoms with Crippen LogP contribution in [0.1, 0.15) is 31.4 Å². The average Bonchev–Trinajstić information content (AvgIpc) is 2.39. The molecule has 4 heteroatoms. The summed E-state index contributed by atoms with van der Waals surface area (Å²) in [5.74, 6) is -0.238. The monoisotopic (exact) mass is 247 g/mol. The van der Waals surface area contributed by atoms with Gasteiger partial charge >= 0.3 is 0 Å². The van der Waals surface area contributed by atoms with Crippen molar-refractivity contribution in [3.8, 4) is 0 Å². The molecule has 4 N–H and O–H groups in total. The van der Waals surface area contributed by atoms with Gasteiger partial charge in [0.1, 0.15) is 0 Å². The van der Waals surface area contributed by atoms with Crippen LogP contribution in [0.2, 0.25) is 0 Å². The Labute approximate surface area is 108 Å². The summed E-state index contributed by atoms with van der Waals surface area (Å²) in [6.07, 6.45) is 1.90. The van der Waals surface area contributed by atoms with E-state index in [1.165, 1.54) is 0 Å². The second-order valence-electron chi connectivity index (χ2n) is 5.04. The quantitative estimate of drug-likeness (QED) is 0.848. The van der Waals surface area contributed by atoms with Crippen LogP contribution >= 0.6 is 0 Å². The predicted octanol–water partition coefficient (Wildman–Crippen LogP) is 1.41. The zero-order valence-corrected chi connectivity index (χ0v) is 10.8. The number of rotatable bonds is 3. The highest BCUT2D eigenvalue weighted by atomic mass is 16.1. The fraction of sp³-hybridized carbons (Fsp3) is 0.500. The number of hydrogen-bond donors (Lipinski definition) is 2. The topological polar surface area (TPSA) is 72.3 Å². The summed E-state index contributed by atoms with van der Waals surface area (Å²) in [6.45, 7) is 3.65. The summed E-state index contributed by atoms with van der Waals surface area (Å²) in [4.78, 5) is 13.6. The van der Waals surface area contributed by atoms with Crippen molar-refractivity contribution in [2.75, 3.05) is 18.0 Å². The fourth-order valence-electron chi connectivity index (χ4n) is 2.59. The minimum atomic E-state index is -0.196. The normalized spacial score (nSPS) is 21.7. The van der Waals surface area contributed by atoms with Crippen LogP contribution in [0.15, 0.2) is 24.3 Å². The molecule has 0 saturated carbocycles. The van der Waals surface area contributed by atoms with Gasteiger partial charge in [0.2, 0.25) is 5.91 Å². The molecule has 2 atom stereocenters. The molecular formula is C14H21N3O. The average molecular weight is 247 g/mol. The third kappa shape index (κ3) is 2.64. The van der Waals surface area contributed by atoms with E-state index in [0.29, 0.717) is 6.54 Å². The first-order valence-electron chi connectivity index (χ1n) is 6.48. The SMILES string of the molecule is CC(N)c1ccccc1N1CCCC(C(N)=O)C1. The van der Waals surface area contributed by atoms with Gasteiger partial charge in [0, 0.05) is 24.8 Å². The molecule has 1 saturated heterocycles. The molecule has 0 aliphatic carbocycles. The van der Waals surface area contributed by atoms with E-state index in [9.17, 15) is 4.79 Å². The van der Waals surface area contributed by atoms with Gasteiger partial charge in [-0.05, 0) is 31.4 Å². The molecule has 98 valence electrons. The van der Waals surface area contributed by atoms with Gasteiger partial charge in [0.15, 0.2) is 0 Å². The maximum absolute atomic E-state index is 11.3. The molecule has 0 bridgehead atoms. The smallest absolute Gasteiger partial charge is 0.222 e. The van der Waals surface area contributed by atoms with Crippen LogP contribution in [0.25, 0.3) is 0 Å². The Morgan fingerprint density at radius 2 is 2.17 bits per heavy atom. The molecule has 18 heavy (non-hydrogen) atoms. The summed E-state index contributed by atoms with van der Waals surface area (Å²) in [7, 11) is 0. The molecule has 4 nitrogen and oxygen atoms in total. The lowest BCUT2D eigenvalue weighted by molar-refractivity contribution is -0.122. The second kappa shape index (κ2) is 5.40. The van der Waals surface area contributed by atoms with Crippen LogP contribution in [0.3, 0.4) is 0 Å². The first kappa shape index (κ1) is 12.9. The largest absolute Gasteiger partial charge is 0.370 e. The van der Waals surface area contributed by atoms with Gasteiger partial charge in [0.05, 0.1) is 5.92 Å². The van der Waals surface area contributed by atoms with Crippen molar-refractivity contribution in [2.45, 2.75) is 25.8 Å². The Balaban J connectivity index is 2.23. The van der Waals surface area contributed by atoms with Crippen LogP contribution in [-0.4, -0.2) is 19.0 Å². The van der Waals surface area contributed by atoms with Gasteiger partial charge in [-0.25, -0.2) is 0 Å². The maximum atomic E-state index is 11.3. The lowest BCUT2D eigenvalue weighted by Gasteiger charge is -2.34. The summed E-state index contributed by atoms with van der Waals surface area (Å²) in [5, 5.41) is 0. The summed E-state index contributed by atoms with van der Waals surface area (Å²) in [5.41, 5.74) is 13.7. The van der Waals surface area contributed by atoms with Gasteiger partial charge in [-0.1, -0.05) is 18.2 Å². The lowest BCUT2D eigenvalue weighted by Crippen LogP contribution is -2.41. The van der Waals surface area contributed by atoms with Gasteiger partial charge in [0.25, 0.3) is 0 Å². The van der Waals surface area contributed by atoms with E-state index in [1.54, 1.807) is 0 Å². The third-order valence-electron chi connectivity index (χ3n) is 3.59. The fourth-order valence-corrected chi connectivity index (χ4v) is 2.59. The number of para-hydroxylation sites is 1. The molecule has 1 aromatic rings. The van der Waals surface area contributed by atoms with Crippen molar-refractivity contribution in [2.24, 2.45) is 17.4 Å². The van der Waals surface area contributed by atoms with Crippen LogP contribution in [0.4, 0.5) is 5.69 Å². The van der Waals surface area contributed by atoms with Crippen molar-refractivity contribution >= 4 is 11.6 Å². The Bertz CT molecular complexity index is 431. The van der Waals surface area contributed by atoms with Crippen LogP contribution < -0.4 is 16.4 Å². The highest BCUT2D eigenvalue weighted by Crippen LogP contribution is 2.29. The van der Waals surface area contributed by atoms with Gasteiger partial charge in [-0.3, -0.25) is 4.79 Å². The molecule has 2 rings (SSSR count). The minimum absolute atomic E-state index is 0.00449. The molecule has 1 heterocycles. The predicted molar refractivity (Wildman–Crippen MR) is 73.2 cm³/mol. The second-order valence-corrected chi connectivity index (χ2v) is 5.04. The molecule has 2 unspecified atom stereocenters. The highest BCUT2D eigenvalue weighted by molar-refractivity contribution is 5.77. The van der Waals surface area contributed by atoms with E-state index in [4.69, 9.17) is 11.5 Å². The lowest BCUT2D eigenvalue weighted by atomic mass is 9.95. The number of piperidine rings is 1. The van der Waals surface area contributed by atoms with E-state index in [-0.39, 0.29) is 17.9 Å². The number of carbonyl (C=O) groups excluding carboxylic acids is 1. The summed E-state index contributed by atoms with van der Waals surface area (Å²) >= 11 is 0. The van der Waals surface area contributed by atoms with E-state index in [0.717, 1.165) is 30.6 Å². The number of carbonyl (C=O) groups is 1. The Morgan fingerprint density at radius 3 is 2.83 bits per heavy atom.